The lowest BCUT2D eigenvalue weighted by Gasteiger charge is -2.60. The predicted molar refractivity (Wildman–Crippen MR) is 141 cm³/mol. The first-order valence-electron chi connectivity index (χ1n) is 14.7. The van der Waals surface area contributed by atoms with Crippen LogP contribution >= 0.6 is 0 Å². The van der Waals surface area contributed by atoms with Gasteiger partial charge in [0.15, 0.2) is 0 Å². The van der Waals surface area contributed by atoms with E-state index in [1.807, 2.05) is 13.8 Å². The Morgan fingerprint density at radius 2 is 1.76 bits per heavy atom. The fourth-order valence-corrected chi connectivity index (χ4v) is 9.68. The number of halogens is 4. The Bertz CT molecular complexity index is 1220. The monoisotopic (exact) mass is 624 g/mol. The molecule has 2 unspecified atom stereocenters. The highest BCUT2D eigenvalue weighted by Crippen LogP contribution is 2.67. The van der Waals surface area contributed by atoms with Crippen LogP contribution in [-0.2, 0) is 34.0 Å². The van der Waals surface area contributed by atoms with Crippen molar-refractivity contribution in [1.82, 2.24) is 0 Å². The summed E-state index contributed by atoms with van der Waals surface area (Å²) >= 11 is 0. The Morgan fingerprint density at radius 3 is 2.38 bits per heavy atom. The maximum Gasteiger partial charge on any atom is 0.431 e. The molecule has 1 N–H and O–H groups in total. The molecule has 13 heteroatoms. The number of carbonyl (C=O) groups is 4. The minimum absolute atomic E-state index is 0.0454. The normalized spacial score (nSPS) is 37.8. The Morgan fingerprint density at radius 1 is 1.10 bits per heavy atom. The van der Waals surface area contributed by atoms with Crippen LogP contribution in [0.1, 0.15) is 85.0 Å². The van der Waals surface area contributed by atoms with Crippen LogP contribution in [0.4, 0.5) is 17.6 Å². The molecule has 0 saturated heterocycles. The lowest BCUT2D eigenvalue weighted by atomic mass is 9.42. The molecule has 8 nitrogen and oxygen atoms in total. The number of hydrogen-bond donors (Lipinski definition) is 1. The highest BCUT2D eigenvalue weighted by molar-refractivity contribution is 7.87. The summed E-state index contributed by atoms with van der Waals surface area (Å²) in [7, 11) is -6.37. The van der Waals surface area contributed by atoms with Crippen LogP contribution in [-0.4, -0.2) is 54.6 Å². The Balaban J connectivity index is 1.38. The second-order valence-corrected chi connectivity index (χ2v) is 15.0. The molecule has 42 heavy (non-hydrogen) atoms. The van der Waals surface area contributed by atoms with Gasteiger partial charge in [0.1, 0.15) is 17.9 Å². The summed E-state index contributed by atoms with van der Waals surface area (Å²) in [5.41, 5.74) is -1.03. The molecule has 238 valence electrons. The minimum Gasteiger partial charge on any atom is -0.465 e. The van der Waals surface area contributed by atoms with Crippen LogP contribution in [0.15, 0.2) is 0 Å². The first-order valence-corrected chi connectivity index (χ1v) is 16.2. The molecule has 4 fully saturated rings. The predicted octanol–water partition coefficient (Wildman–Crippen LogP) is 5.28. The van der Waals surface area contributed by atoms with Gasteiger partial charge in [-0.3, -0.25) is 18.9 Å². The van der Waals surface area contributed by atoms with E-state index in [1.54, 1.807) is 0 Å². The summed E-state index contributed by atoms with van der Waals surface area (Å²) in [6.07, 6.45) is 3.70. The molecule has 4 aliphatic carbocycles. The maximum absolute atomic E-state index is 13.9. The Labute approximate surface area is 243 Å². The highest BCUT2D eigenvalue weighted by atomic mass is 32.2. The van der Waals surface area contributed by atoms with E-state index in [-0.39, 0.29) is 77.7 Å². The molecule has 0 aromatic heterocycles. The van der Waals surface area contributed by atoms with E-state index in [0.29, 0.717) is 19.3 Å². The topological polar surface area (TPSA) is 132 Å². The van der Waals surface area contributed by atoms with Gasteiger partial charge in [-0.1, -0.05) is 27.2 Å². The van der Waals surface area contributed by atoms with Crippen molar-refractivity contribution < 1.29 is 54.4 Å². The average molecular weight is 625 g/mol. The van der Waals surface area contributed by atoms with Gasteiger partial charge in [0, 0.05) is 36.5 Å². The summed E-state index contributed by atoms with van der Waals surface area (Å²) in [6, 6.07) is 0. The third-order valence-electron chi connectivity index (χ3n) is 11.6. The summed E-state index contributed by atoms with van der Waals surface area (Å²) in [4.78, 5) is 51.6. The Kier molecular flexibility index (Phi) is 8.83. The third-order valence-corrected chi connectivity index (χ3v) is 12.5. The van der Waals surface area contributed by atoms with Crippen molar-refractivity contribution in [2.75, 3.05) is 6.61 Å². The molecule has 0 radical (unpaired) electrons. The number of rotatable bonds is 10. The first-order chi connectivity index (χ1) is 19.3. The van der Waals surface area contributed by atoms with Gasteiger partial charge in [0.05, 0.1) is 13.0 Å². The van der Waals surface area contributed by atoms with Crippen molar-refractivity contribution in [1.29, 1.82) is 0 Å². The molecule has 9 atom stereocenters. The van der Waals surface area contributed by atoms with Crippen LogP contribution in [0.25, 0.3) is 0 Å². The van der Waals surface area contributed by atoms with Gasteiger partial charge in [-0.2, -0.15) is 26.0 Å². The second-order valence-electron chi connectivity index (χ2n) is 13.5. The van der Waals surface area contributed by atoms with Gasteiger partial charge in [0.2, 0.25) is 0 Å². The first kappa shape index (κ1) is 33.0. The maximum atomic E-state index is 13.9. The molecule has 4 saturated carbocycles. The number of alkyl halides is 4. The highest BCUT2D eigenvalue weighted by Gasteiger charge is 2.67. The standard InChI is InChI=1S/C29H40F4O8S/c1-16(6-9-24(37)41-12-11-28(30,31)29(32,33)42(38,39)40)18-7-8-19-25-21(14-23(36)27(18,19)3)26(2)10-4-5-17(15-34)20(26)13-22(25)35/h15-21,25H,4-14H2,1-3H3,(H,38,39,40)/t16-,17?,18-,19+,20?,21+,25+,26+,27-/m1/s1. The van der Waals surface area contributed by atoms with Gasteiger partial charge in [-0.15, -0.1) is 0 Å². The van der Waals surface area contributed by atoms with E-state index in [2.05, 4.69) is 11.7 Å². The molecule has 0 spiro atoms. The molecule has 4 aliphatic rings. The number of carbonyl (C=O) groups excluding carboxylic acids is 4. The summed E-state index contributed by atoms with van der Waals surface area (Å²) in [5, 5.41) is -5.73. The molecule has 0 amide bonds. The fourth-order valence-electron chi connectivity index (χ4n) is 9.20. The fraction of sp³-hybridized carbons (Fsp3) is 0.862. The smallest absolute Gasteiger partial charge is 0.431 e. The number of esters is 1. The zero-order chi connectivity index (χ0) is 31.5. The van der Waals surface area contributed by atoms with Gasteiger partial charge >= 0.3 is 27.3 Å². The average Bonchev–Trinajstić information content (AvgIpc) is 3.25. The number of aldehydes is 1. The van der Waals surface area contributed by atoms with E-state index in [4.69, 9.17) is 4.55 Å². The van der Waals surface area contributed by atoms with Crippen molar-refractivity contribution in [3.63, 3.8) is 0 Å². The minimum atomic E-state index is -6.37. The Hall–Kier alpha value is -1.89. The SMILES string of the molecule is C[C@H](CCC(=O)OCCC(F)(F)C(F)(F)S(=O)(=O)O)[C@H]1CC[C@H]2[C@@H]3C(=O)CC4C(C=O)CCC[C@]4(C)[C@H]3CC(=O)[C@]12C. The third kappa shape index (κ3) is 5.24. The van der Waals surface area contributed by atoms with E-state index >= 15 is 0 Å². The van der Waals surface area contributed by atoms with Crippen LogP contribution in [0.3, 0.4) is 0 Å². The second kappa shape index (κ2) is 11.2. The van der Waals surface area contributed by atoms with Crippen molar-refractivity contribution in [3.05, 3.63) is 0 Å². The molecular formula is C29H40F4O8S. The van der Waals surface area contributed by atoms with Gasteiger partial charge < -0.3 is 9.53 Å². The van der Waals surface area contributed by atoms with Gasteiger partial charge in [-0.25, -0.2) is 0 Å². The summed E-state index contributed by atoms with van der Waals surface area (Å²) < 4.78 is 88.2. The van der Waals surface area contributed by atoms with Crippen molar-refractivity contribution in [3.8, 4) is 0 Å². The molecule has 0 aromatic rings. The van der Waals surface area contributed by atoms with E-state index in [0.717, 1.165) is 25.5 Å². The number of fused-ring (bicyclic) bond motifs is 5. The van der Waals surface area contributed by atoms with E-state index in [1.165, 1.54) is 0 Å². The number of ether oxygens (including phenoxy) is 1. The van der Waals surface area contributed by atoms with Crippen LogP contribution in [0.2, 0.25) is 0 Å². The molecule has 0 heterocycles. The molecule has 0 aromatic carbocycles. The van der Waals surface area contributed by atoms with E-state index in [9.17, 15) is 45.2 Å². The quantitative estimate of drug-likeness (QED) is 0.150. The zero-order valence-corrected chi connectivity index (χ0v) is 24.9. The van der Waals surface area contributed by atoms with E-state index < -0.39 is 45.7 Å². The zero-order valence-electron chi connectivity index (χ0n) is 24.1. The van der Waals surface area contributed by atoms with Gasteiger partial charge in [0.25, 0.3) is 0 Å². The van der Waals surface area contributed by atoms with Crippen LogP contribution in [0.5, 0.6) is 0 Å². The number of Topliss-reactive ketones (excluding diaryl/α,β-unsaturated/α-hetero) is 2. The number of hydrogen-bond acceptors (Lipinski definition) is 7. The lowest BCUT2D eigenvalue weighted by Crippen LogP contribution is -2.60. The largest absolute Gasteiger partial charge is 0.465 e. The van der Waals surface area contributed by atoms with Crippen LogP contribution < -0.4 is 0 Å². The van der Waals surface area contributed by atoms with Crippen LogP contribution in [0, 0.1) is 52.3 Å². The van der Waals surface area contributed by atoms with Crippen molar-refractivity contribution >= 4 is 33.9 Å². The molecular weight excluding hydrogens is 584 g/mol. The molecule has 4 rings (SSSR count). The summed E-state index contributed by atoms with van der Waals surface area (Å²) in [6.45, 7) is 4.76. The van der Waals surface area contributed by atoms with Gasteiger partial charge in [-0.05, 0) is 67.1 Å². The van der Waals surface area contributed by atoms with Crippen molar-refractivity contribution in [2.45, 2.75) is 96.2 Å². The van der Waals surface area contributed by atoms with Crippen molar-refractivity contribution in [2.24, 2.45) is 52.3 Å². The molecule has 0 aliphatic heterocycles. The lowest BCUT2D eigenvalue weighted by molar-refractivity contribution is -0.174. The molecule has 0 bridgehead atoms. The summed E-state index contributed by atoms with van der Waals surface area (Å²) in [5.74, 6) is -6.89. The number of ketones is 2.